The molecule has 0 radical (unpaired) electrons. The van der Waals surface area contributed by atoms with E-state index < -0.39 is 11.4 Å². The Morgan fingerprint density at radius 1 is 1.77 bits per heavy atom. The van der Waals surface area contributed by atoms with Crippen LogP contribution in [0.15, 0.2) is 10.7 Å². The highest BCUT2D eigenvalue weighted by atomic mass is 79.9. The minimum atomic E-state index is -0.771. The van der Waals surface area contributed by atoms with Crippen LogP contribution < -0.4 is 0 Å². The monoisotopic (exact) mass is 244 g/mol. The Morgan fingerprint density at radius 3 is 2.69 bits per heavy atom. The summed E-state index contributed by atoms with van der Waals surface area (Å²) in [4.78, 5) is 11.0. The third-order valence-electron chi connectivity index (χ3n) is 2.40. The van der Waals surface area contributed by atoms with Crippen molar-refractivity contribution in [1.82, 2.24) is 9.78 Å². The number of rotatable bonds is 2. The van der Waals surface area contributed by atoms with Crippen LogP contribution in [0.1, 0.15) is 18.5 Å². The zero-order chi connectivity index (χ0) is 9.64. The van der Waals surface area contributed by atoms with Gasteiger partial charge in [0.1, 0.15) is 5.41 Å². The molecule has 1 heterocycles. The van der Waals surface area contributed by atoms with E-state index in [1.54, 1.807) is 17.9 Å². The molecule has 1 fully saturated rings. The molecule has 0 unspecified atom stereocenters. The molecule has 0 atom stereocenters. The van der Waals surface area contributed by atoms with Gasteiger partial charge in [0.05, 0.1) is 10.2 Å². The smallest absolute Gasteiger partial charge is 0.315 e. The Hall–Kier alpha value is -0.840. The van der Waals surface area contributed by atoms with Gasteiger partial charge in [0.15, 0.2) is 0 Å². The Labute approximate surface area is 83.7 Å². The predicted octanol–water partition coefficient (Wildman–Crippen LogP) is 1.30. The summed E-state index contributed by atoms with van der Waals surface area (Å²) in [5.41, 5.74) is -0.0531. The van der Waals surface area contributed by atoms with Crippen LogP contribution in [-0.2, 0) is 17.3 Å². The van der Waals surface area contributed by atoms with Crippen molar-refractivity contribution in [3.63, 3.8) is 0 Å². The summed E-state index contributed by atoms with van der Waals surface area (Å²) in [5.74, 6) is -0.771. The van der Waals surface area contributed by atoms with Gasteiger partial charge >= 0.3 is 5.97 Å². The highest BCUT2D eigenvalue weighted by molar-refractivity contribution is 9.10. The van der Waals surface area contributed by atoms with Crippen LogP contribution >= 0.6 is 15.9 Å². The number of halogens is 1. The van der Waals surface area contributed by atoms with Crippen LogP contribution in [-0.4, -0.2) is 20.9 Å². The van der Waals surface area contributed by atoms with Crippen molar-refractivity contribution in [2.75, 3.05) is 0 Å². The van der Waals surface area contributed by atoms with Crippen LogP contribution in [0.2, 0.25) is 0 Å². The normalized spacial score (nSPS) is 18.6. The summed E-state index contributed by atoms with van der Waals surface area (Å²) in [6.07, 6.45) is 3.16. The number of aliphatic carboxylic acids is 1. The zero-order valence-corrected chi connectivity index (χ0v) is 8.71. The van der Waals surface area contributed by atoms with Crippen LogP contribution in [0.4, 0.5) is 0 Å². The molecular formula is C8H9BrN2O2. The van der Waals surface area contributed by atoms with Gasteiger partial charge in [0.25, 0.3) is 0 Å². The number of aromatic nitrogens is 2. The first-order valence-corrected chi connectivity index (χ1v) is 4.78. The van der Waals surface area contributed by atoms with E-state index in [9.17, 15) is 4.79 Å². The molecule has 0 bridgehead atoms. The first kappa shape index (κ1) is 8.74. The quantitative estimate of drug-likeness (QED) is 0.854. The van der Waals surface area contributed by atoms with Crippen molar-refractivity contribution in [2.24, 2.45) is 7.05 Å². The van der Waals surface area contributed by atoms with Crippen molar-refractivity contribution < 1.29 is 9.90 Å². The molecule has 4 nitrogen and oxygen atoms in total. The molecule has 1 aromatic heterocycles. The highest BCUT2D eigenvalue weighted by Gasteiger charge is 2.54. The van der Waals surface area contributed by atoms with Gasteiger partial charge in [-0.25, -0.2) is 0 Å². The summed E-state index contributed by atoms with van der Waals surface area (Å²) in [6.45, 7) is 0. The van der Waals surface area contributed by atoms with E-state index in [0.29, 0.717) is 18.5 Å². The Morgan fingerprint density at radius 2 is 2.38 bits per heavy atom. The average molecular weight is 245 g/mol. The molecule has 70 valence electrons. The molecule has 0 aromatic carbocycles. The third-order valence-corrected chi connectivity index (χ3v) is 2.98. The standard InChI is InChI=1S/C8H9BrN2O2/c1-11-4-5(9)6(10-11)8(2-3-8)7(12)13/h4H,2-3H2,1H3,(H,12,13). The number of hydrogen-bond acceptors (Lipinski definition) is 2. The Bertz CT molecular complexity index is 368. The van der Waals surface area contributed by atoms with Gasteiger partial charge in [-0.3, -0.25) is 9.48 Å². The van der Waals surface area contributed by atoms with Gasteiger partial charge in [-0.15, -0.1) is 0 Å². The SMILES string of the molecule is Cn1cc(Br)c(C2(C(=O)O)CC2)n1. The number of carboxylic acids is 1. The van der Waals surface area contributed by atoms with E-state index in [2.05, 4.69) is 21.0 Å². The maximum absolute atomic E-state index is 11.0. The molecule has 0 amide bonds. The summed E-state index contributed by atoms with van der Waals surface area (Å²) in [6, 6.07) is 0. The molecule has 0 spiro atoms. The molecule has 1 aromatic rings. The fourth-order valence-electron chi connectivity index (χ4n) is 1.46. The number of hydrogen-bond donors (Lipinski definition) is 1. The van der Waals surface area contributed by atoms with Gasteiger partial charge in [-0.2, -0.15) is 5.10 Å². The van der Waals surface area contributed by atoms with Crippen LogP contribution in [0.25, 0.3) is 0 Å². The third kappa shape index (κ3) is 1.18. The van der Waals surface area contributed by atoms with Crippen LogP contribution in [0.5, 0.6) is 0 Å². The van der Waals surface area contributed by atoms with Gasteiger partial charge in [-0.1, -0.05) is 0 Å². The van der Waals surface area contributed by atoms with E-state index in [-0.39, 0.29) is 0 Å². The minimum Gasteiger partial charge on any atom is -0.481 e. The second-order valence-electron chi connectivity index (χ2n) is 3.39. The summed E-state index contributed by atoms with van der Waals surface area (Å²) in [5, 5.41) is 13.2. The van der Waals surface area contributed by atoms with Gasteiger partial charge in [0.2, 0.25) is 0 Å². The van der Waals surface area contributed by atoms with Crippen molar-refractivity contribution in [3.05, 3.63) is 16.4 Å². The number of carbonyl (C=O) groups is 1. The summed E-state index contributed by atoms with van der Waals surface area (Å²) in [7, 11) is 1.78. The molecule has 1 saturated carbocycles. The van der Waals surface area contributed by atoms with Gasteiger partial charge in [-0.05, 0) is 28.8 Å². The molecule has 13 heavy (non-hydrogen) atoms. The molecule has 1 aliphatic rings. The number of carboxylic acid groups (broad SMARTS) is 1. The predicted molar refractivity (Wildman–Crippen MR) is 49.5 cm³/mol. The van der Waals surface area contributed by atoms with Crippen molar-refractivity contribution in [1.29, 1.82) is 0 Å². The van der Waals surface area contributed by atoms with Crippen LogP contribution in [0, 0.1) is 0 Å². The lowest BCUT2D eigenvalue weighted by molar-refractivity contribution is -0.140. The fourth-order valence-corrected chi connectivity index (χ4v) is 2.22. The molecule has 0 saturated heterocycles. The topological polar surface area (TPSA) is 55.1 Å². The lowest BCUT2D eigenvalue weighted by Crippen LogP contribution is -2.20. The summed E-state index contributed by atoms with van der Waals surface area (Å²) >= 11 is 3.31. The van der Waals surface area contributed by atoms with Gasteiger partial charge < -0.3 is 5.11 Å². The van der Waals surface area contributed by atoms with E-state index in [1.165, 1.54) is 0 Å². The van der Waals surface area contributed by atoms with Crippen molar-refractivity contribution in [3.8, 4) is 0 Å². The second kappa shape index (κ2) is 2.57. The van der Waals surface area contributed by atoms with E-state index >= 15 is 0 Å². The fraction of sp³-hybridized carbons (Fsp3) is 0.500. The molecular weight excluding hydrogens is 236 g/mol. The second-order valence-corrected chi connectivity index (χ2v) is 4.24. The first-order valence-electron chi connectivity index (χ1n) is 3.99. The lowest BCUT2D eigenvalue weighted by atomic mass is 10.0. The van der Waals surface area contributed by atoms with Crippen molar-refractivity contribution >= 4 is 21.9 Å². The maximum Gasteiger partial charge on any atom is 0.315 e. The van der Waals surface area contributed by atoms with E-state index in [4.69, 9.17) is 5.11 Å². The van der Waals surface area contributed by atoms with Gasteiger partial charge in [0, 0.05) is 13.2 Å². The Balaban J connectivity index is 2.46. The maximum atomic E-state index is 11.0. The highest BCUT2D eigenvalue weighted by Crippen LogP contribution is 2.49. The molecule has 1 aliphatic carbocycles. The molecule has 0 aliphatic heterocycles. The minimum absolute atomic E-state index is 0.655. The number of aryl methyl sites for hydroxylation is 1. The van der Waals surface area contributed by atoms with Crippen LogP contribution in [0.3, 0.4) is 0 Å². The molecule has 1 N–H and O–H groups in total. The molecule has 2 rings (SSSR count). The lowest BCUT2D eigenvalue weighted by Gasteiger charge is -2.05. The van der Waals surface area contributed by atoms with E-state index in [1.807, 2.05) is 0 Å². The average Bonchev–Trinajstić information content (AvgIpc) is 2.75. The Kier molecular flexibility index (Phi) is 1.73. The first-order chi connectivity index (χ1) is 6.06. The van der Waals surface area contributed by atoms with E-state index in [0.717, 1.165) is 4.47 Å². The number of nitrogens with zero attached hydrogens (tertiary/aromatic N) is 2. The van der Waals surface area contributed by atoms with Crippen molar-refractivity contribution in [2.45, 2.75) is 18.3 Å². The molecule has 5 heteroatoms. The largest absolute Gasteiger partial charge is 0.481 e. The summed E-state index contributed by atoms with van der Waals surface area (Å²) < 4.78 is 2.41. The zero-order valence-electron chi connectivity index (χ0n) is 7.12.